The summed E-state index contributed by atoms with van der Waals surface area (Å²) in [6.45, 7) is 0. The van der Waals surface area contributed by atoms with Crippen molar-refractivity contribution in [1.29, 1.82) is 0 Å². The highest BCUT2D eigenvalue weighted by Crippen LogP contribution is 2.31. The summed E-state index contributed by atoms with van der Waals surface area (Å²) in [6.07, 6.45) is 0. The zero-order valence-corrected chi connectivity index (χ0v) is 8.12. The SMILES string of the molecule is Nc1ccc2[nH]c3ccccc3c2c1[NH2+]. The Morgan fingerprint density at radius 2 is 1.80 bits per heavy atom. The van der Waals surface area contributed by atoms with Crippen molar-refractivity contribution in [2.75, 3.05) is 5.73 Å². The van der Waals surface area contributed by atoms with Crippen molar-refractivity contribution in [3.8, 4) is 0 Å². The zero-order chi connectivity index (χ0) is 10.4. The molecule has 0 unspecified atom stereocenters. The van der Waals surface area contributed by atoms with Gasteiger partial charge in [-0.3, -0.25) is 0 Å². The molecule has 2 aromatic carbocycles. The molecule has 3 aromatic rings. The average molecular weight is 197 g/mol. The molecule has 5 N–H and O–H groups in total. The number of para-hydroxylation sites is 1. The third-order valence-corrected chi connectivity index (χ3v) is 2.74. The van der Waals surface area contributed by atoms with E-state index in [9.17, 15) is 0 Å². The van der Waals surface area contributed by atoms with Crippen molar-refractivity contribution in [2.45, 2.75) is 0 Å². The van der Waals surface area contributed by atoms with Crippen LogP contribution in [0, 0.1) is 0 Å². The van der Waals surface area contributed by atoms with Gasteiger partial charge in [0.25, 0.3) is 0 Å². The lowest BCUT2D eigenvalue weighted by Crippen LogP contribution is -2.41. The summed E-state index contributed by atoms with van der Waals surface area (Å²) < 4.78 is 0. The summed E-state index contributed by atoms with van der Waals surface area (Å²) in [4.78, 5) is 3.31. The van der Waals surface area contributed by atoms with Crippen LogP contribution in [0.2, 0.25) is 0 Å². The number of rotatable bonds is 0. The fraction of sp³-hybridized carbons (Fsp3) is 0. The van der Waals surface area contributed by atoms with Crippen molar-refractivity contribution in [3.63, 3.8) is 0 Å². The smallest absolute Gasteiger partial charge is 0.210 e. The molecular formula is C12H11N3+. The van der Waals surface area contributed by atoms with Crippen LogP contribution >= 0.6 is 0 Å². The second kappa shape index (κ2) is 2.74. The number of nitrogen functional groups attached to an aromatic ring is 2. The number of hydrogen-bond donors (Lipinski definition) is 3. The third-order valence-electron chi connectivity index (χ3n) is 2.74. The molecular weight excluding hydrogens is 186 g/mol. The van der Waals surface area contributed by atoms with Crippen molar-refractivity contribution in [3.05, 3.63) is 36.4 Å². The van der Waals surface area contributed by atoms with Crippen LogP contribution in [0.1, 0.15) is 0 Å². The molecule has 0 aliphatic carbocycles. The molecule has 0 fully saturated rings. The highest BCUT2D eigenvalue weighted by atomic mass is 14.7. The van der Waals surface area contributed by atoms with E-state index in [0.717, 1.165) is 21.8 Å². The van der Waals surface area contributed by atoms with Gasteiger partial charge in [0.1, 0.15) is 0 Å². The number of fused-ring (bicyclic) bond motifs is 3. The maximum Gasteiger partial charge on any atom is 0.210 e. The molecule has 0 bridgehead atoms. The van der Waals surface area contributed by atoms with E-state index in [1.165, 1.54) is 0 Å². The van der Waals surface area contributed by atoms with Crippen LogP contribution in [0.25, 0.3) is 21.8 Å². The minimum absolute atomic E-state index is 0.632. The number of benzene rings is 2. The van der Waals surface area contributed by atoms with Crippen molar-refractivity contribution >= 4 is 33.2 Å². The number of nitrogens with two attached hydrogens (primary N) is 2. The second-order valence-electron chi connectivity index (χ2n) is 3.66. The van der Waals surface area contributed by atoms with E-state index in [2.05, 4.69) is 4.98 Å². The summed E-state index contributed by atoms with van der Waals surface area (Å²) in [7, 11) is 0. The first-order valence-electron chi connectivity index (χ1n) is 4.82. The van der Waals surface area contributed by atoms with Gasteiger partial charge >= 0.3 is 0 Å². The van der Waals surface area contributed by atoms with Crippen LogP contribution in [0.15, 0.2) is 36.4 Å². The minimum Gasteiger partial charge on any atom is -0.394 e. The van der Waals surface area contributed by atoms with Crippen molar-refractivity contribution < 1.29 is 5.73 Å². The van der Waals surface area contributed by atoms with Gasteiger partial charge in [-0.05, 0) is 18.2 Å². The molecule has 0 spiro atoms. The Bertz CT molecular complexity index is 652. The van der Waals surface area contributed by atoms with E-state index in [1.807, 2.05) is 36.4 Å². The third kappa shape index (κ3) is 1.04. The van der Waals surface area contributed by atoms with Gasteiger partial charge in [0.2, 0.25) is 5.69 Å². The Morgan fingerprint density at radius 3 is 2.67 bits per heavy atom. The highest BCUT2D eigenvalue weighted by Gasteiger charge is 2.12. The monoisotopic (exact) mass is 197 g/mol. The Labute approximate surface area is 86.7 Å². The fourth-order valence-corrected chi connectivity index (χ4v) is 1.99. The van der Waals surface area contributed by atoms with Gasteiger partial charge in [-0.2, -0.15) is 5.73 Å². The lowest BCUT2D eigenvalue weighted by Gasteiger charge is -1.95. The first-order chi connectivity index (χ1) is 7.27. The van der Waals surface area contributed by atoms with Gasteiger partial charge in [-0.1, -0.05) is 18.2 Å². The van der Waals surface area contributed by atoms with Gasteiger partial charge in [0.05, 0.1) is 16.6 Å². The summed E-state index contributed by atoms with van der Waals surface area (Å²) in [5.41, 5.74) is 15.2. The first kappa shape index (κ1) is 8.32. The van der Waals surface area contributed by atoms with Crippen LogP contribution < -0.4 is 11.5 Å². The van der Waals surface area contributed by atoms with Gasteiger partial charge in [-0.15, -0.1) is 0 Å². The lowest BCUT2D eigenvalue weighted by atomic mass is 10.1. The Balaban J connectivity index is 2.63. The number of anilines is 2. The molecule has 0 atom stereocenters. The van der Waals surface area contributed by atoms with Crippen LogP contribution in [-0.4, -0.2) is 4.98 Å². The van der Waals surface area contributed by atoms with Crippen LogP contribution in [0.3, 0.4) is 0 Å². The quantitative estimate of drug-likeness (QED) is 0.470. The summed E-state index contributed by atoms with van der Waals surface area (Å²) in [6, 6.07) is 11.9. The Morgan fingerprint density at radius 1 is 1.00 bits per heavy atom. The molecule has 3 heteroatoms. The average Bonchev–Trinajstić information content (AvgIpc) is 2.62. The molecule has 0 aliphatic heterocycles. The van der Waals surface area contributed by atoms with E-state index in [4.69, 9.17) is 11.5 Å². The van der Waals surface area contributed by atoms with Gasteiger partial charge < -0.3 is 10.7 Å². The molecule has 0 amide bonds. The minimum atomic E-state index is 0.632. The first-order valence-corrected chi connectivity index (χ1v) is 4.82. The topological polar surface area (TPSA) is 67.1 Å². The van der Waals surface area contributed by atoms with E-state index in [1.54, 1.807) is 0 Å². The Kier molecular flexibility index (Phi) is 1.52. The number of aromatic amines is 1. The molecule has 1 heterocycles. The molecule has 3 nitrogen and oxygen atoms in total. The maximum absolute atomic E-state index is 5.98. The molecule has 15 heavy (non-hydrogen) atoms. The molecule has 0 saturated carbocycles. The largest absolute Gasteiger partial charge is 0.394 e. The number of hydrogen-bond acceptors (Lipinski definition) is 2. The van der Waals surface area contributed by atoms with Crippen LogP contribution in [0.5, 0.6) is 0 Å². The number of aromatic nitrogens is 1. The Hall–Kier alpha value is -2.00. The van der Waals surface area contributed by atoms with Crippen molar-refractivity contribution in [2.24, 2.45) is 0 Å². The van der Waals surface area contributed by atoms with Crippen LogP contribution in [0.4, 0.5) is 11.4 Å². The summed E-state index contributed by atoms with van der Waals surface area (Å²) in [5.74, 6) is 0. The van der Waals surface area contributed by atoms with Gasteiger partial charge in [0, 0.05) is 10.9 Å². The highest BCUT2D eigenvalue weighted by molar-refractivity contribution is 6.13. The molecule has 1 aromatic heterocycles. The predicted molar refractivity (Wildman–Crippen MR) is 61.8 cm³/mol. The summed E-state index contributed by atoms with van der Waals surface area (Å²) in [5, 5.41) is 2.14. The molecule has 3 rings (SSSR count). The number of H-pyrrole nitrogens is 1. The number of nitrogens with one attached hydrogen (secondary N) is 1. The molecule has 0 saturated heterocycles. The second-order valence-corrected chi connectivity index (χ2v) is 3.66. The van der Waals surface area contributed by atoms with E-state index in [-0.39, 0.29) is 0 Å². The normalized spacial score (nSPS) is 11.3. The van der Waals surface area contributed by atoms with E-state index >= 15 is 0 Å². The maximum atomic E-state index is 5.98. The summed E-state index contributed by atoms with van der Waals surface area (Å²) >= 11 is 0. The predicted octanol–water partition coefficient (Wildman–Crippen LogP) is 1.56. The lowest BCUT2D eigenvalue weighted by molar-refractivity contribution is -0.251. The molecule has 0 aliphatic rings. The molecule has 1 radical (unpaired) electrons. The van der Waals surface area contributed by atoms with E-state index < -0.39 is 0 Å². The van der Waals surface area contributed by atoms with Gasteiger partial charge in [0.15, 0.2) is 0 Å². The molecule has 73 valence electrons. The van der Waals surface area contributed by atoms with Crippen molar-refractivity contribution in [1.82, 2.24) is 4.98 Å². The van der Waals surface area contributed by atoms with Gasteiger partial charge in [-0.25, -0.2) is 0 Å². The zero-order valence-electron chi connectivity index (χ0n) is 8.12. The van der Waals surface area contributed by atoms with Crippen LogP contribution in [-0.2, 0) is 0 Å². The van der Waals surface area contributed by atoms with E-state index in [0.29, 0.717) is 11.4 Å². The fourth-order valence-electron chi connectivity index (χ4n) is 1.99. The standard InChI is InChI=1S/C12H11N3/c13-8-5-6-10-11(12(8)14)7-3-1-2-4-9(7)15-10/h1-6,15H,13-14H2/q+1.